The highest BCUT2D eigenvalue weighted by atomic mass is 16.1. The summed E-state index contributed by atoms with van der Waals surface area (Å²) in [6.45, 7) is 0. The van der Waals surface area contributed by atoms with Crippen molar-refractivity contribution in [2.45, 2.75) is 22.8 Å². The van der Waals surface area contributed by atoms with Crippen LogP contribution in [-0.4, -0.2) is 17.6 Å². The smallest absolute Gasteiger partial charge is 0.230 e. The van der Waals surface area contributed by atoms with E-state index >= 15 is 0 Å². The molecule has 4 unspecified atom stereocenters. The highest BCUT2D eigenvalue weighted by Gasteiger charge is 2.79. The van der Waals surface area contributed by atoms with Gasteiger partial charge in [0.05, 0.1) is 5.41 Å². The number of hydrazone groups is 1. The molecule has 2 spiro atoms. The molecule has 0 radical (unpaired) electrons. The van der Waals surface area contributed by atoms with E-state index in [9.17, 15) is 4.79 Å². The molecule has 0 fully saturated rings. The molecule has 0 bridgehead atoms. The number of hydrogen-bond acceptors (Lipinski definition) is 2. The van der Waals surface area contributed by atoms with Gasteiger partial charge < -0.3 is 0 Å². The van der Waals surface area contributed by atoms with Gasteiger partial charge >= 0.3 is 0 Å². The zero-order valence-corrected chi connectivity index (χ0v) is 32.6. The minimum Gasteiger partial charge on any atom is -0.277 e. The fourth-order valence-electron chi connectivity index (χ4n) is 24.9. The van der Waals surface area contributed by atoms with Crippen molar-refractivity contribution in [2.24, 2.45) is 5.10 Å². The largest absolute Gasteiger partial charge is 0.277 e. The first kappa shape index (κ1) is 23.0. The normalized spacial score (nSPS) is 25.9. The summed E-state index contributed by atoms with van der Waals surface area (Å²) in [6, 6.07) is 0. The molecule has 268 valence electrons. The van der Waals surface area contributed by atoms with Crippen LogP contribution >= 0.6 is 0 Å². The number of carbonyl (C=O) groups is 1. The Bertz CT molecular complexity index is 7090. The predicted octanol–water partition coefficient (Wildman–Crippen LogP) is 15.3. The summed E-state index contributed by atoms with van der Waals surface area (Å²) < 4.78 is 0. The van der Waals surface area contributed by atoms with Gasteiger partial charge in [0, 0.05) is 18.1 Å². The first-order valence-corrected chi connectivity index (χ1v) is 24.2. The van der Waals surface area contributed by atoms with Crippen LogP contribution in [0.4, 0.5) is 0 Å². The maximum Gasteiger partial charge on any atom is 0.230 e. The van der Waals surface area contributed by atoms with E-state index < -0.39 is 11.0 Å². The van der Waals surface area contributed by atoms with E-state index in [0.717, 1.165) is 0 Å². The third-order valence-corrected chi connectivity index (χ3v) is 24.7. The summed E-state index contributed by atoms with van der Waals surface area (Å²) >= 11 is 0. The Morgan fingerprint density at radius 3 is 0.892 bits per heavy atom. The molecule has 1 heterocycles. The van der Waals surface area contributed by atoms with Gasteiger partial charge in [-0.1, -0.05) is 0 Å². The third kappa shape index (κ3) is 1.13. The molecule has 0 aromatic heterocycles. The average Bonchev–Trinajstić information content (AvgIpc) is 4.14. The zero-order valence-electron chi connectivity index (χ0n) is 32.6. The zero-order chi connectivity index (χ0) is 38.2. The van der Waals surface area contributed by atoms with Crippen LogP contribution in [0.2, 0.25) is 0 Å². The summed E-state index contributed by atoms with van der Waals surface area (Å²) in [6.07, 6.45) is 3.64. The monoisotopic (exact) mass is 792 g/mol. The van der Waals surface area contributed by atoms with E-state index in [-0.39, 0.29) is 11.8 Å². The molecule has 0 N–H and O–H groups in total. The third-order valence-electron chi connectivity index (χ3n) is 24.7. The number of rotatable bonds is 1. The van der Waals surface area contributed by atoms with E-state index in [1.807, 2.05) is 0 Å². The van der Waals surface area contributed by atoms with Gasteiger partial charge in [-0.05, 0) is 303 Å². The highest BCUT2D eigenvalue weighted by Crippen LogP contribution is 2.88. The minimum absolute atomic E-state index is 0.0262. The number of benzene rings is 17. The van der Waals surface area contributed by atoms with Gasteiger partial charge in [0.15, 0.2) is 0 Å². The lowest BCUT2D eigenvalue weighted by molar-refractivity contribution is -0.126. The number of nitrogens with zero attached hydrogens (tertiary/aromatic N) is 2. The Morgan fingerprint density at radius 2 is 0.538 bits per heavy atom. The van der Waals surface area contributed by atoms with Crippen molar-refractivity contribution in [1.82, 2.24) is 5.01 Å². The van der Waals surface area contributed by atoms with Crippen LogP contribution in [0.3, 0.4) is 0 Å². The molecule has 26 aromatic carbocycles. The van der Waals surface area contributed by atoms with Gasteiger partial charge in [-0.2, -0.15) is 5.10 Å². The predicted molar refractivity (Wildman–Crippen MR) is 267 cm³/mol. The Labute approximate surface area is 351 Å². The molecule has 65 heavy (non-hydrogen) atoms. The lowest BCUT2D eigenvalue weighted by Gasteiger charge is -2.56. The molecular weight excluding hydrogens is 789 g/mol. The summed E-state index contributed by atoms with van der Waals surface area (Å²) in [4.78, 5) is 14.6. The minimum atomic E-state index is -0.671. The Balaban J connectivity index is 1.26. The van der Waals surface area contributed by atoms with Crippen LogP contribution in [-0.2, 0) is 15.7 Å². The van der Waals surface area contributed by atoms with Crippen molar-refractivity contribution < 1.29 is 4.79 Å². The van der Waals surface area contributed by atoms with Crippen molar-refractivity contribution in [3.05, 3.63) is 33.4 Å². The summed E-state index contributed by atoms with van der Waals surface area (Å²) in [7, 11) is 0. The van der Waals surface area contributed by atoms with Gasteiger partial charge in [0.25, 0.3) is 0 Å². The molecular formula is C62H4N2O. The molecule has 0 saturated heterocycles. The maximum absolute atomic E-state index is 14.6. The first-order valence-electron chi connectivity index (χ1n) is 24.2. The molecule has 0 saturated carbocycles. The van der Waals surface area contributed by atoms with Crippen LogP contribution in [0, 0.1) is 0 Å². The molecule has 6 aliphatic carbocycles. The molecule has 1 amide bonds. The first-order chi connectivity index (χ1) is 32.4. The van der Waals surface area contributed by atoms with Crippen molar-refractivity contribution in [3.63, 3.8) is 0 Å². The molecule has 26 aromatic rings. The molecule has 1 aliphatic heterocycles. The maximum atomic E-state index is 14.6. The van der Waals surface area contributed by atoms with Crippen LogP contribution < -0.4 is 0 Å². The Kier molecular flexibility index (Phi) is 1.76. The van der Waals surface area contributed by atoms with E-state index in [1.165, 1.54) is 17.4 Å². The molecule has 33 rings (SSSR count). The topological polar surface area (TPSA) is 32.7 Å². The average molecular weight is 793 g/mol. The van der Waals surface area contributed by atoms with Crippen LogP contribution in [0.15, 0.2) is 5.10 Å². The van der Waals surface area contributed by atoms with Gasteiger partial charge in [-0.15, -0.1) is 0 Å². The highest BCUT2D eigenvalue weighted by molar-refractivity contribution is 6.80. The fraction of sp³-hybridized carbons (Fsp3) is 0.0645. The van der Waals surface area contributed by atoms with Crippen molar-refractivity contribution in [2.75, 3.05) is 0 Å². The second-order valence-corrected chi connectivity index (χ2v) is 24.4. The number of carbonyl (C=O) groups excluding carboxylic acids is 1. The molecule has 7 aliphatic rings. The fourth-order valence-corrected chi connectivity index (χ4v) is 24.9. The molecule has 4 atom stereocenters. The van der Waals surface area contributed by atoms with Crippen molar-refractivity contribution >= 4 is 282 Å². The molecule has 3 nitrogen and oxygen atoms in total. The number of amides is 1. The van der Waals surface area contributed by atoms with E-state index in [4.69, 9.17) is 5.10 Å². The van der Waals surface area contributed by atoms with Crippen molar-refractivity contribution in [3.8, 4) is 0 Å². The quantitative estimate of drug-likeness (QED) is 0.120. The van der Waals surface area contributed by atoms with Gasteiger partial charge in [0.1, 0.15) is 5.54 Å². The summed E-state index contributed by atoms with van der Waals surface area (Å²) in [5, 5.41) is 87.8. The Morgan fingerprint density at radius 1 is 0.292 bits per heavy atom. The second kappa shape index (κ2) is 4.97. The lowest BCUT2D eigenvalue weighted by Crippen LogP contribution is -2.61. The van der Waals surface area contributed by atoms with E-state index in [1.54, 1.807) is 292 Å². The van der Waals surface area contributed by atoms with Crippen molar-refractivity contribution in [1.29, 1.82) is 0 Å². The SMILES string of the molecule is O=CN1N=CC23c4c5c6c7c8c9c%10c%11c(c%12c%13c%14c(c%15c4c4c%16c5c5c7c7c8c8c%10c%10c%17c%11c%13c%11c%13c%14c%14c%15c4c4c%15c%16c5c5c7c7c8c%10c8c(c%11%17)c%10c%13c%14c4c4c%15c5c7c8c%104)C%122)C9C613. The van der Waals surface area contributed by atoms with Crippen LogP contribution in [0.5, 0.6) is 0 Å². The summed E-state index contributed by atoms with van der Waals surface area (Å²) in [5.74, 6) is 0.137. The van der Waals surface area contributed by atoms with Gasteiger partial charge in [0.2, 0.25) is 6.41 Å². The Hall–Kier alpha value is -8.14. The number of hydrogen-bond donors (Lipinski definition) is 0. The van der Waals surface area contributed by atoms with Crippen LogP contribution in [0.25, 0.3) is 269 Å². The standard InChI is InChI=1S/C62H4N2O/c65-2-64-62-59-52-44-32-24-15-6-4-3-5-9(6)18-25-23-14(5)16-12-7(3)10-11-8(4)13-17(15)30(32)38-36-22(13)20(11)28-27-19(10)21(12)35-37-29(16)31(23)43-45-33(25)34(26(18)24)46(44)55(59)54(45)57-50(43)48(37)51-41(35)39(27)47-40(28)42(36)53(49(38)52)60(62)56(47)58(51)61(57,62)1-63-64/h1-2,57,59H. The van der Waals surface area contributed by atoms with E-state index in [2.05, 4.69) is 11.2 Å². The summed E-state index contributed by atoms with van der Waals surface area (Å²) in [5.41, 5.74) is 8.38. The van der Waals surface area contributed by atoms with Gasteiger partial charge in [-0.25, -0.2) is 5.01 Å². The second-order valence-electron chi connectivity index (χ2n) is 24.4. The van der Waals surface area contributed by atoms with Crippen LogP contribution in [0.1, 0.15) is 45.2 Å². The lowest BCUT2D eigenvalue weighted by atomic mass is 9.47. The van der Waals surface area contributed by atoms with Gasteiger partial charge in [-0.3, -0.25) is 4.79 Å². The molecule has 3 heteroatoms. The van der Waals surface area contributed by atoms with E-state index in [0.29, 0.717) is 0 Å².